The molecule has 1 aromatic heterocycles. The van der Waals surface area contributed by atoms with Crippen LogP contribution in [-0.2, 0) is 0 Å². The van der Waals surface area contributed by atoms with Gasteiger partial charge in [0, 0.05) is 19.2 Å². The van der Waals surface area contributed by atoms with Gasteiger partial charge >= 0.3 is 0 Å². The van der Waals surface area contributed by atoms with Crippen LogP contribution < -0.4 is 15.4 Å². The summed E-state index contributed by atoms with van der Waals surface area (Å²) < 4.78 is 5.48. The van der Waals surface area contributed by atoms with Gasteiger partial charge in [0.25, 0.3) is 0 Å². The Balaban J connectivity index is 0.00000312. The van der Waals surface area contributed by atoms with Crippen LogP contribution in [0.5, 0.6) is 5.75 Å². The summed E-state index contributed by atoms with van der Waals surface area (Å²) >= 11 is 1.73. The van der Waals surface area contributed by atoms with E-state index in [1.807, 2.05) is 6.07 Å². The predicted molar refractivity (Wildman–Crippen MR) is 119 cm³/mol. The maximum atomic E-state index is 5.48. The Kier molecular flexibility index (Phi) is 9.27. The highest BCUT2D eigenvalue weighted by atomic mass is 127. The fourth-order valence-corrected chi connectivity index (χ4v) is 3.37. The highest BCUT2D eigenvalue weighted by Crippen LogP contribution is 2.26. The molecular formula is C19H28IN3OS. The van der Waals surface area contributed by atoms with Crippen molar-refractivity contribution in [3.05, 3.63) is 51.7 Å². The lowest BCUT2D eigenvalue weighted by atomic mass is 10.0. The zero-order valence-electron chi connectivity index (χ0n) is 15.5. The van der Waals surface area contributed by atoms with Gasteiger partial charge in [-0.1, -0.05) is 24.6 Å². The Morgan fingerprint density at radius 2 is 2.04 bits per heavy atom. The molecule has 2 N–H and O–H groups in total. The Morgan fingerprint density at radius 1 is 1.28 bits per heavy atom. The van der Waals surface area contributed by atoms with Gasteiger partial charge in [-0.15, -0.1) is 24.0 Å². The van der Waals surface area contributed by atoms with Crippen molar-refractivity contribution >= 4 is 41.3 Å². The summed E-state index contributed by atoms with van der Waals surface area (Å²) in [6.45, 7) is 7.27. The number of aryl methyl sites for hydroxylation is 1. The van der Waals surface area contributed by atoms with Crippen LogP contribution in [0.4, 0.5) is 0 Å². The van der Waals surface area contributed by atoms with E-state index in [1.165, 1.54) is 11.1 Å². The lowest BCUT2D eigenvalue weighted by Gasteiger charge is -2.21. The number of benzene rings is 1. The number of aliphatic imine (C=N–C) groups is 1. The van der Waals surface area contributed by atoms with Crippen molar-refractivity contribution in [1.82, 2.24) is 10.6 Å². The second kappa shape index (κ2) is 10.7. The minimum Gasteiger partial charge on any atom is -0.496 e. The SMILES string of the molecule is CN=C(NCC(C)c1ccsc1)NC(C)c1cc(C)ccc1OC.I. The molecule has 0 radical (unpaired) electrons. The molecule has 4 nitrogen and oxygen atoms in total. The van der Waals surface area contributed by atoms with Crippen LogP contribution in [0.3, 0.4) is 0 Å². The highest BCUT2D eigenvalue weighted by Gasteiger charge is 2.14. The molecule has 0 saturated heterocycles. The minimum atomic E-state index is 0. The molecule has 0 saturated carbocycles. The molecule has 0 spiro atoms. The van der Waals surface area contributed by atoms with Crippen molar-refractivity contribution < 1.29 is 4.74 Å². The van der Waals surface area contributed by atoms with Crippen molar-refractivity contribution in [2.75, 3.05) is 20.7 Å². The van der Waals surface area contributed by atoms with Crippen molar-refractivity contribution in [2.24, 2.45) is 4.99 Å². The molecule has 0 bridgehead atoms. The number of guanidine groups is 1. The van der Waals surface area contributed by atoms with E-state index in [2.05, 4.69) is 65.4 Å². The smallest absolute Gasteiger partial charge is 0.191 e. The average molecular weight is 473 g/mol. The first kappa shape index (κ1) is 21.8. The largest absolute Gasteiger partial charge is 0.496 e. The van der Waals surface area contributed by atoms with Gasteiger partial charge in [0.05, 0.1) is 13.2 Å². The summed E-state index contributed by atoms with van der Waals surface area (Å²) in [7, 11) is 3.50. The van der Waals surface area contributed by atoms with Crippen LogP contribution in [-0.4, -0.2) is 26.7 Å². The molecule has 6 heteroatoms. The second-order valence-electron chi connectivity index (χ2n) is 6.02. The third-order valence-electron chi connectivity index (χ3n) is 4.12. The molecule has 0 aliphatic rings. The summed E-state index contributed by atoms with van der Waals surface area (Å²) in [6, 6.07) is 8.50. The molecule has 0 aliphatic heterocycles. The van der Waals surface area contributed by atoms with E-state index >= 15 is 0 Å². The average Bonchev–Trinajstić information content (AvgIpc) is 3.12. The maximum absolute atomic E-state index is 5.48. The Bertz CT molecular complexity index is 673. The zero-order valence-corrected chi connectivity index (χ0v) is 18.6. The van der Waals surface area contributed by atoms with Gasteiger partial charge in [0.1, 0.15) is 5.75 Å². The molecule has 2 rings (SSSR count). The van der Waals surface area contributed by atoms with Gasteiger partial charge in [-0.2, -0.15) is 11.3 Å². The number of methoxy groups -OCH3 is 1. The number of nitrogens with one attached hydrogen (secondary N) is 2. The highest BCUT2D eigenvalue weighted by molar-refractivity contribution is 14.0. The fourth-order valence-electron chi connectivity index (χ4n) is 2.59. The van der Waals surface area contributed by atoms with E-state index < -0.39 is 0 Å². The number of nitrogens with zero attached hydrogens (tertiary/aromatic N) is 1. The molecule has 0 fully saturated rings. The lowest BCUT2D eigenvalue weighted by molar-refractivity contribution is 0.405. The molecule has 2 aromatic rings. The predicted octanol–water partition coefficient (Wildman–Crippen LogP) is 4.71. The van der Waals surface area contributed by atoms with Crippen molar-refractivity contribution in [3.8, 4) is 5.75 Å². The number of rotatable bonds is 6. The summed E-state index contributed by atoms with van der Waals surface area (Å²) in [6.07, 6.45) is 0. The van der Waals surface area contributed by atoms with E-state index in [1.54, 1.807) is 25.5 Å². The quantitative estimate of drug-likeness (QED) is 0.363. The molecule has 2 unspecified atom stereocenters. The molecule has 138 valence electrons. The third kappa shape index (κ3) is 6.18. The molecule has 0 amide bonds. The number of hydrogen-bond donors (Lipinski definition) is 2. The first-order chi connectivity index (χ1) is 11.5. The summed E-state index contributed by atoms with van der Waals surface area (Å²) in [5, 5.41) is 11.2. The lowest BCUT2D eigenvalue weighted by Crippen LogP contribution is -2.40. The van der Waals surface area contributed by atoms with E-state index in [4.69, 9.17) is 4.74 Å². The van der Waals surface area contributed by atoms with Crippen LogP contribution in [0, 0.1) is 6.92 Å². The summed E-state index contributed by atoms with van der Waals surface area (Å²) in [5.41, 5.74) is 3.70. The van der Waals surface area contributed by atoms with E-state index in [9.17, 15) is 0 Å². The monoisotopic (exact) mass is 473 g/mol. The Labute approximate surface area is 172 Å². The normalized spacial score (nSPS) is 13.6. The van der Waals surface area contributed by atoms with Crippen molar-refractivity contribution in [2.45, 2.75) is 32.7 Å². The van der Waals surface area contributed by atoms with Gasteiger partial charge in [-0.05, 0) is 48.2 Å². The minimum absolute atomic E-state index is 0. The van der Waals surface area contributed by atoms with Crippen LogP contribution >= 0.6 is 35.3 Å². The van der Waals surface area contributed by atoms with E-state index in [-0.39, 0.29) is 30.0 Å². The van der Waals surface area contributed by atoms with Gasteiger partial charge in [0.15, 0.2) is 5.96 Å². The number of ether oxygens (including phenoxy) is 1. The topological polar surface area (TPSA) is 45.7 Å². The molecule has 2 atom stereocenters. The van der Waals surface area contributed by atoms with Gasteiger partial charge in [0.2, 0.25) is 0 Å². The van der Waals surface area contributed by atoms with E-state index in [0.29, 0.717) is 5.92 Å². The molecule has 1 aromatic carbocycles. The number of hydrogen-bond acceptors (Lipinski definition) is 3. The standard InChI is InChI=1S/C19H27N3OS.HI/c1-13-6-7-18(23-5)17(10-13)15(3)22-19(20-4)21-11-14(2)16-8-9-24-12-16;/h6-10,12,14-15H,11H2,1-5H3,(H2,20,21,22);1H. The molecular weight excluding hydrogens is 445 g/mol. The summed E-state index contributed by atoms with van der Waals surface area (Å²) in [4.78, 5) is 4.34. The summed E-state index contributed by atoms with van der Waals surface area (Å²) in [5.74, 6) is 2.13. The molecule has 25 heavy (non-hydrogen) atoms. The van der Waals surface area contributed by atoms with Gasteiger partial charge in [-0.3, -0.25) is 4.99 Å². The van der Waals surface area contributed by atoms with Crippen molar-refractivity contribution in [1.29, 1.82) is 0 Å². The van der Waals surface area contributed by atoms with E-state index in [0.717, 1.165) is 23.8 Å². The Morgan fingerprint density at radius 3 is 2.64 bits per heavy atom. The first-order valence-electron chi connectivity index (χ1n) is 8.19. The van der Waals surface area contributed by atoms with Crippen LogP contribution in [0.2, 0.25) is 0 Å². The van der Waals surface area contributed by atoms with Gasteiger partial charge < -0.3 is 15.4 Å². The van der Waals surface area contributed by atoms with Gasteiger partial charge in [-0.25, -0.2) is 0 Å². The number of halogens is 1. The van der Waals surface area contributed by atoms with Crippen LogP contribution in [0.15, 0.2) is 40.0 Å². The van der Waals surface area contributed by atoms with Crippen molar-refractivity contribution in [3.63, 3.8) is 0 Å². The second-order valence-corrected chi connectivity index (χ2v) is 6.80. The van der Waals surface area contributed by atoms with Crippen LogP contribution in [0.25, 0.3) is 0 Å². The van der Waals surface area contributed by atoms with Crippen LogP contribution in [0.1, 0.15) is 42.5 Å². The Hall–Kier alpha value is -1.28. The number of thiophene rings is 1. The third-order valence-corrected chi connectivity index (χ3v) is 4.82. The maximum Gasteiger partial charge on any atom is 0.191 e. The molecule has 0 aliphatic carbocycles. The molecule has 1 heterocycles. The fraction of sp³-hybridized carbons (Fsp3) is 0.421. The first-order valence-corrected chi connectivity index (χ1v) is 9.13. The zero-order chi connectivity index (χ0) is 17.5.